The molecule has 1 heterocycles. The summed E-state index contributed by atoms with van der Waals surface area (Å²) in [6.07, 6.45) is 6.98. The summed E-state index contributed by atoms with van der Waals surface area (Å²) in [4.78, 5) is 0. The molecule has 0 saturated heterocycles. The van der Waals surface area contributed by atoms with Crippen molar-refractivity contribution in [1.29, 1.82) is 0 Å². The van der Waals surface area contributed by atoms with Gasteiger partial charge in [-0.2, -0.15) is 0 Å². The van der Waals surface area contributed by atoms with Crippen molar-refractivity contribution in [3.63, 3.8) is 0 Å². The molecule has 0 fully saturated rings. The molecule has 1 aliphatic carbocycles. The number of fused-ring (bicyclic) bond motifs is 3. The summed E-state index contributed by atoms with van der Waals surface area (Å²) >= 11 is 0. The Morgan fingerprint density at radius 2 is 1.50 bits per heavy atom. The minimum atomic E-state index is 0.921. The minimum absolute atomic E-state index is 0.921. The lowest BCUT2D eigenvalue weighted by molar-refractivity contribution is 0.669. The Balaban J connectivity index is 1.47. The summed E-state index contributed by atoms with van der Waals surface area (Å²) in [7, 11) is 0. The van der Waals surface area contributed by atoms with E-state index in [0.717, 1.165) is 46.2 Å². The number of anilines is 2. The van der Waals surface area contributed by atoms with Gasteiger partial charge < -0.3 is 9.73 Å². The van der Waals surface area contributed by atoms with Crippen molar-refractivity contribution in [3.05, 3.63) is 89.5 Å². The van der Waals surface area contributed by atoms with Crippen LogP contribution in [0.1, 0.15) is 30.9 Å². The fourth-order valence-electron chi connectivity index (χ4n) is 4.13. The maximum Gasteiger partial charge on any atom is 0.135 e. The molecule has 0 unspecified atom stereocenters. The van der Waals surface area contributed by atoms with Crippen LogP contribution in [0.2, 0.25) is 0 Å². The number of furan rings is 1. The predicted molar refractivity (Wildman–Crippen MR) is 119 cm³/mol. The molecule has 0 bridgehead atoms. The molecule has 0 spiro atoms. The van der Waals surface area contributed by atoms with E-state index < -0.39 is 0 Å². The number of hydrogen-bond donors (Lipinski definition) is 1. The molecular weight excluding hydrogens is 342 g/mol. The fraction of sp³-hybridized carbons (Fsp3) is 0.154. The van der Waals surface area contributed by atoms with Gasteiger partial charge in [-0.15, -0.1) is 0 Å². The highest BCUT2D eigenvalue weighted by Crippen LogP contribution is 2.34. The van der Waals surface area contributed by atoms with Gasteiger partial charge in [-0.05, 0) is 85.4 Å². The van der Waals surface area contributed by atoms with Gasteiger partial charge in [0.25, 0.3) is 0 Å². The van der Waals surface area contributed by atoms with Gasteiger partial charge in [-0.1, -0.05) is 36.4 Å². The van der Waals surface area contributed by atoms with Crippen molar-refractivity contribution in [2.45, 2.75) is 26.7 Å². The Morgan fingerprint density at radius 3 is 2.36 bits per heavy atom. The Kier molecular flexibility index (Phi) is 4.05. The average molecular weight is 365 g/mol. The van der Waals surface area contributed by atoms with Gasteiger partial charge in [0.05, 0.1) is 0 Å². The van der Waals surface area contributed by atoms with Crippen molar-refractivity contribution in [1.82, 2.24) is 0 Å². The molecule has 138 valence electrons. The molecule has 1 aliphatic rings. The standard InChI is InChI=1S/C26H23NO/c1-17-7-3-4-8-21(17)22-13-11-19(15-18(22)2)27-20-12-14-26-24(16-20)23-9-5-6-10-25(23)28-26/h5-16,27H,3-4H2,1-2H3. The third-order valence-electron chi connectivity index (χ3n) is 5.57. The maximum absolute atomic E-state index is 5.93. The minimum Gasteiger partial charge on any atom is -0.456 e. The van der Waals surface area contributed by atoms with Crippen molar-refractivity contribution in [3.8, 4) is 0 Å². The number of hydrogen-bond acceptors (Lipinski definition) is 2. The summed E-state index contributed by atoms with van der Waals surface area (Å²) < 4.78 is 5.93. The van der Waals surface area contributed by atoms with Gasteiger partial charge in [-0.25, -0.2) is 0 Å². The van der Waals surface area contributed by atoms with E-state index in [1.807, 2.05) is 18.2 Å². The summed E-state index contributed by atoms with van der Waals surface area (Å²) in [6.45, 7) is 4.40. The number of para-hydroxylation sites is 1. The van der Waals surface area contributed by atoms with Crippen LogP contribution in [-0.4, -0.2) is 0 Å². The number of benzene rings is 3. The van der Waals surface area contributed by atoms with Crippen molar-refractivity contribution in [2.75, 3.05) is 5.32 Å². The van der Waals surface area contributed by atoms with E-state index in [9.17, 15) is 0 Å². The first-order valence-corrected chi connectivity index (χ1v) is 9.86. The average Bonchev–Trinajstić information content (AvgIpc) is 3.07. The first-order valence-electron chi connectivity index (χ1n) is 9.86. The molecule has 4 aromatic rings. The largest absolute Gasteiger partial charge is 0.456 e. The van der Waals surface area contributed by atoms with Gasteiger partial charge in [0.15, 0.2) is 0 Å². The first-order chi connectivity index (χ1) is 13.7. The van der Waals surface area contributed by atoms with Crippen molar-refractivity contribution < 1.29 is 4.42 Å². The van der Waals surface area contributed by atoms with E-state index in [1.54, 1.807) is 0 Å². The van der Waals surface area contributed by atoms with E-state index >= 15 is 0 Å². The van der Waals surface area contributed by atoms with Crippen LogP contribution in [0.5, 0.6) is 0 Å². The molecule has 0 saturated carbocycles. The van der Waals surface area contributed by atoms with E-state index in [2.05, 4.69) is 73.8 Å². The lowest BCUT2D eigenvalue weighted by atomic mass is 9.90. The highest BCUT2D eigenvalue weighted by molar-refractivity contribution is 6.06. The van der Waals surface area contributed by atoms with E-state index in [-0.39, 0.29) is 0 Å². The number of rotatable bonds is 3. The van der Waals surface area contributed by atoms with E-state index in [4.69, 9.17) is 4.42 Å². The molecule has 2 heteroatoms. The molecule has 0 radical (unpaired) electrons. The van der Waals surface area contributed by atoms with Crippen LogP contribution in [0, 0.1) is 6.92 Å². The molecule has 2 nitrogen and oxygen atoms in total. The topological polar surface area (TPSA) is 25.2 Å². The van der Waals surface area contributed by atoms with Crippen LogP contribution in [0.4, 0.5) is 11.4 Å². The molecule has 5 rings (SSSR count). The van der Waals surface area contributed by atoms with Crippen LogP contribution >= 0.6 is 0 Å². The summed E-state index contributed by atoms with van der Waals surface area (Å²) in [5.41, 5.74) is 9.40. The van der Waals surface area contributed by atoms with Crippen LogP contribution in [0.25, 0.3) is 27.5 Å². The normalized spacial score (nSPS) is 14.2. The summed E-state index contributed by atoms with van der Waals surface area (Å²) in [5, 5.41) is 5.85. The monoisotopic (exact) mass is 365 g/mol. The van der Waals surface area contributed by atoms with Crippen LogP contribution in [0.3, 0.4) is 0 Å². The Morgan fingerprint density at radius 1 is 0.750 bits per heavy atom. The van der Waals surface area contributed by atoms with Crippen molar-refractivity contribution >= 4 is 38.9 Å². The quantitative estimate of drug-likeness (QED) is 0.401. The molecule has 1 N–H and O–H groups in total. The summed E-state index contributed by atoms with van der Waals surface area (Å²) in [5.74, 6) is 0. The second-order valence-corrected chi connectivity index (χ2v) is 7.55. The molecule has 0 aliphatic heterocycles. The van der Waals surface area contributed by atoms with Crippen LogP contribution in [0.15, 0.2) is 82.8 Å². The number of aryl methyl sites for hydroxylation is 1. The molecule has 0 amide bonds. The Labute approximate surface area is 165 Å². The van der Waals surface area contributed by atoms with Gasteiger partial charge in [-0.3, -0.25) is 0 Å². The SMILES string of the molecule is CC1=CCCC=C1c1ccc(Nc2ccc3oc4ccccc4c3c2)cc1C. The van der Waals surface area contributed by atoms with E-state index in [1.165, 1.54) is 22.3 Å². The zero-order chi connectivity index (χ0) is 19.1. The Hall–Kier alpha value is -3.26. The third kappa shape index (κ3) is 2.91. The van der Waals surface area contributed by atoms with Crippen LogP contribution < -0.4 is 5.32 Å². The summed E-state index contributed by atoms with van der Waals surface area (Å²) in [6, 6.07) is 21.1. The molecule has 0 atom stereocenters. The highest BCUT2D eigenvalue weighted by atomic mass is 16.3. The maximum atomic E-state index is 5.93. The second kappa shape index (κ2) is 6.72. The van der Waals surface area contributed by atoms with Gasteiger partial charge in [0.2, 0.25) is 0 Å². The number of allylic oxidation sites excluding steroid dienone is 4. The smallest absolute Gasteiger partial charge is 0.135 e. The zero-order valence-electron chi connectivity index (χ0n) is 16.3. The third-order valence-corrected chi connectivity index (χ3v) is 5.57. The van der Waals surface area contributed by atoms with E-state index in [0.29, 0.717) is 0 Å². The first kappa shape index (κ1) is 16.9. The number of nitrogens with one attached hydrogen (secondary N) is 1. The van der Waals surface area contributed by atoms with Gasteiger partial charge in [0.1, 0.15) is 11.2 Å². The molecule has 1 aromatic heterocycles. The van der Waals surface area contributed by atoms with Crippen LogP contribution in [-0.2, 0) is 0 Å². The lowest BCUT2D eigenvalue weighted by Gasteiger charge is -2.17. The highest BCUT2D eigenvalue weighted by Gasteiger charge is 2.11. The predicted octanol–water partition coefficient (Wildman–Crippen LogP) is 7.76. The Bertz CT molecular complexity index is 1260. The fourth-order valence-corrected chi connectivity index (χ4v) is 4.13. The van der Waals surface area contributed by atoms with Gasteiger partial charge >= 0.3 is 0 Å². The molecular formula is C26H23NO. The lowest BCUT2D eigenvalue weighted by Crippen LogP contribution is -1.97. The van der Waals surface area contributed by atoms with Gasteiger partial charge in [0, 0.05) is 22.1 Å². The zero-order valence-corrected chi connectivity index (χ0v) is 16.3. The second-order valence-electron chi connectivity index (χ2n) is 7.55. The van der Waals surface area contributed by atoms with Crippen molar-refractivity contribution in [2.24, 2.45) is 0 Å². The molecule has 3 aromatic carbocycles. The molecule has 28 heavy (non-hydrogen) atoms.